The average molecular weight is 396 g/mol. The monoisotopic (exact) mass is 395 g/mol. The number of carbonyl (C=O) groups is 1. The fourth-order valence-electron chi connectivity index (χ4n) is 3.65. The van der Waals surface area contributed by atoms with E-state index in [2.05, 4.69) is 33.4 Å². The molecule has 28 heavy (non-hydrogen) atoms. The summed E-state index contributed by atoms with van der Waals surface area (Å²) in [5.41, 5.74) is 4.85. The van der Waals surface area contributed by atoms with E-state index in [1.807, 2.05) is 41.6 Å². The van der Waals surface area contributed by atoms with Crippen LogP contribution in [-0.2, 0) is 6.54 Å². The molecule has 0 radical (unpaired) electrons. The quantitative estimate of drug-likeness (QED) is 0.681. The van der Waals surface area contributed by atoms with Crippen molar-refractivity contribution in [1.29, 1.82) is 0 Å². The molecule has 1 aliphatic heterocycles. The number of thiazole rings is 1. The SMILES string of the molecule is Cc1nc(CN2CCN(C(=O)c3cnn(-c4ccccc4C)c3C)CC2)cs1. The normalized spacial score (nSPS) is 15.2. The molecule has 2 aromatic heterocycles. The molecule has 3 aromatic rings. The van der Waals surface area contributed by atoms with Crippen molar-refractivity contribution in [3.05, 3.63) is 63.4 Å². The van der Waals surface area contributed by atoms with E-state index >= 15 is 0 Å². The molecule has 0 atom stereocenters. The molecule has 0 spiro atoms. The van der Waals surface area contributed by atoms with Crippen molar-refractivity contribution in [3.8, 4) is 5.69 Å². The molecule has 1 aromatic carbocycles. The van der Waals surface area contributed by atoms with Gasteiger partial charge >= 0.3 is 0 Å². The van der Waals surface area contributed by atoms with E-state index in [4.69, 9.17) is 0 Å². The number of piperazine rings is 1. The van der Waals surface area contributed by atoms with Gasteiger partial charge in [0.1, 0.15) is 0 Å². The summed E-state index contributed by atoms with van der Waals surface area (Å²) >= 11 is 1.69. The summed E-state index contributed by atoms with van der Waals surface area (Å²) in [6.45, 7) is 10.1. The van der Waals surface area contributed by atoms with Crippen LogP contribution in [0.1, 0.15) is 32.3 Å². The molecule has 1 aliphatic rings. The second kappa shape index (κ2) is 7.85. The minimum Gasteiger partial charge on any atom is -0.336 e. The van der Waals surface area contributed by atoms with Crippen molar-refractivity contribution in [2.24, 2.45) is 0 Å². The van der Waals surface area contributed by atoms with Crippen molar-refractivity contribution >= 4 is 17.2 Å². The second-order valence-corrected chi connectivity index (χ2v) is 8.33. The van der Waals surface area contributed by atoms with Crippen molar-refractivity contribution in [1.82, 2.24) is 24.6 Å². The zero-order valence-electron chi connectivity index (χ0n) is 16.6. The van der Waals surface area contributed by atoms with E-state index in [0.717, 1.165) is 60.4 Å². The highest BCUT2D eigenvalue weighted by Crippen LogP contribution is 2.20. The molecule has 0 aliphatic carbocycles. The van der Waals surface area contributed by atoms with Crippen molar-refractivity contribution in [3.63, 3.8) is 0 Å². The third-order valence-electron chi connectivity index (χ3n) is 5.30. The summed E-state index contributed by atoms with van der Waals surface area (Å²) in [6, 6.07) is 8.09. The molecule has 0 N–H and O–H groups in total. The van der Waals surface area contributed by atoms with Gasteiger partial charge in [-0.15, -0.1) is 11.3 Å². The molecular formula is C21H25N5OS. The van der Waals surface area contributed by atoms with Gasteiger partial charge in [0.15, 0.2) is 0 Å². The molecule has 3 heterocycles. The van der Waals surface area contributed by atoms with E-state index in [1.165, 1.54) is 0 Å². The molecule has 7 heteroatoms. The number of nitrogens with zero attached hydrogens (tertiary/aromatic N) is 5. The largest absolute Gasteiger partial charge is 0.336 e. The molecule has 0 bridgehead atoms. The van der Waals surface area contributed by atoms with Crippen molar-refractivity contribution in [2.45, 2.75) is 27.3 Å². The number of amides is 1. The number of carbonyl (C=O) groups excluding carboxylic acids is 1. The fourth-order valence-corrected chi connectivity index (χ4v) is 4.26. The van der Waals surface area contributed by atoms with E-state index < -0.39 is 0 Å². The first-order valence-corrected chi connectivity index (χ1v) is 10.4. The first-order chi connectivity index (χ1) is 13.5. The summed E-state index contributed by atoms with van der Waals surface area (Å²) in [4.78, 5) is 21.9. The predicted molar refractivity (Wildman–Crippen MR) is 111 cm³/mol. The molecular weight excluding hydrogens is 370 g/mol. The number of para-hydroxylation sites is 1. The Morgan fingerprint density at radius 1 is 1.11 bits per heavy atom. The van der Waals surface area contributed by atoms with Crippen LogP contribution in [0.5, 0.6) is 0 Å². The molecule has 6 nitrogen and oxygen atoms in total. The van der Waals surface area contributed by atoms with Gasteiger partial charge in [-0.2, -0.15) is 5.10 Å². The molecule has 146 valence electrons. The van der Waals surface area contributed by atoms with Crippen LogP contribution >= 0.6 is 11.3 Å². The maximum atomic E-state index is 13.1. The zero-order valence-corrected chi connectivity index (χ0v) is 17.4. The Hall–Kier alpha value is -2.51. The van der Waals surface area contributed by atoms with Gasteiger partial charge in [-0.3, -0.25) is 9.69 Å². The van der Waals surface area contributed by atoms with Gasteiger partial charge in [0.05, 0.1) is 33.8 Å². The highest BCUT2D eigenvalue weighted by Gasteiger charge is 2.25. The first-order valence-electron chi connectivity index (χ1n) is 9.56. The number of benzene rings is 1. The second-order valence-electron chi connectivity index (χ2n) is 7.27. The number of aromatic nitrogens is 3. The Morgan fingerprint density at radius 2 is 1.86 bits per heavy atom. The van der Waals surface area contributed by atoms with Crippen molar-refractivity contribution in [2.75, 3.05) is 26.2 Å². The number of hydrogen-bond donors (Lipinski definition) is 0. The average Bonchev–Trinajstić information content (AvgIpc) is 3.28. The third-order valence-corrected chi connectivity index (χ3v) is 6.12. The minimum absolute atomic E-state index is 0.0708. The van der Waals surface area contributed by atoms with Gasteiger partial charge in [0.25, 0.3) is 5.91 Å². The maximum absolute atomic E-state index is 13.1. The lowest BCUT2D eigenvalue weighted by molar-refractivity contribution is 0.0626. The molecule has 4 rings (SSSR count). The minimum atomic E-state index is 0.0708. The first kappa shape index (κ1) is 18.8. The summed E-state index contributed by atoms with van der Waals surface area (Å²) in [7, 11) is 0. The molecule has 1 amide bonds. The van der Waals surface area contributed by atoms with E-state index in [-0.39, 0.29) is 5.91 Å². The fraction of sp³-hybridized carbons (Fsp3) is 0.381. The highest BCUT2D eigenvalue weighted by atomic mass is 32.1. The molecule has 1 saturated heterocycles. The molecule has 0 unspecified atom stereocenters. The van der Waals surface area contributed by atoms with Crippen LogP contribution in [-0.4, -0.2) is 56.7 Å². The summed E-state index contributed by atoms with van der Waals surface area (Å²) in [5, 5.41) is 7.71. The van der Waals surface area contributed by atoms with Crippen LogP contribution in [0.25, 0.3) is 5.69 Å². The Balaban J connectivity index is 1.43. The van der Waals surface area contributed by atoms with Crippen LogP contribution in [0.15, 0.2) is 35.8 Å². The van der Waals surface area contributed by atoms with Crippen LogP contribution in [0.4, 0.5) is 0 Å². The lowest BCUT2D eigenvalue weighted by Crippen LogP contribution is -2.48. The van der Waals surface area contributed by atoms with E-state index in [0.29, 0.717) is 5.56 Å². The number of aryl methyl sites for hydroxylation is 2. The smallest absolute Gasteiger partial charge is 0.257 e. The highest BCUT2D eigenvalue weighted by molar-refractivity contribution is 7.09. The Labute approximate surface area is 169 Å². The Bertz CT molecular complexity index is 984. The topological polar surface area (TPSA) is 54.3 Å². The van der Waals surface area contributed by atoms with Gasteiger partial charge in [-0.05, 0) is 32.4 Å². The Kier molecular flexibility index (Phi) is 5.28. The Morgan fingerprint density at radius 3 is 2.54 bits per heavy atom. The maximum Gasteiger partial charge on any atom is 0.257 e. The lowest BCUT2D eigenvalue weighted by Gasteiger charge is -2.34. The number of rotatable bonds is 4. The van der Waals surface area contributed by atoms with Crippen LogP contribution in [0, 0.1) is 20.8 Å². The standard InChI is InChI=1S/C21H25N5OS/c1-15-6-4-5-7-20(15)26-16(2)19(12-22-26)21(27)25-10-8-24(9-11-25)13-18-14-28-17(3)23-18/h4-7,12,14H,8-11,13H2,1-3H3. The van der Waals surface area contributed by atoms with Gasteiger partial charge in [-0.1, -0.05) is 18.2 Å². The number of hydrogen-bond acceptors (Lipinski definition) is 5. The van der Waals surface area contributed by atoms with Crippen LogP contribution < -0.4 is 0 Å². The van der Waals surface area contributed by atoms with Crippen molar-refractivity contribution < 1.29 is 4.79 Å². The zero-order chi connectivity index (χ0) is 19.7. The van der Waals surface area contributed by atoms with Crippen LogP contribution in [0.2, 0.25) is 0 Å². The van der Waals surface area contributed by atoms with Gasteiger partial charge in [0.2, 0.25) is 0 Å². The van der Waals surface area contributed by atoms with E-state index in [9.17, 15) is 4.79 Å². The summed E-state index contributed by atoms with van der Waals surface area (Å²) in [5.74, 6) is 0.0708. The van der Waals surface area contributed by atoms with E-state index in [1.54, 1.807) is 17.5 Å². The van der Waals surface area contributed by atoms with Gasteiger partial charge in [-0.25, -0.2) is 9.67 Å². The summed E-state index contributed by atoms with van der Waals surface area (Å²) in [6.07, 6.45) is 1.70. The van der Waals surface area contributed by atoms with Crippen LogP contribution in [0.3, 0.4) is 0 Å². The molecule has 0 saturated carbocycles. The molecule has 1 fully saturated rings. The van der Waals surface area contributed by atoms with Gasteiger partial charge < -0.3 is 4.90 Å². The van der Waals surface area contributed by atoms with Gasteiger partial charge in [0, 0.05) is 38.1 Å². The predicted octanol–water partition coefficient (Wildman–Crippen LogP) is 3.21. The lowest BCUT2D eigenvalue weighted by atomic mass is 10.1. The summed E-state index contributed by atoms with van der Waals surface area (Å²) < 4.78 is 1.86. The third kappa shape index (κ3) is 3.72.